The van der Waals surface area contributed by atoms with Crippen LogP contribution in [0.5, 0.6) is 5.75 Å². The van der Waals surface area contributed by atoms with Crippen LogP contribution in [-0.2, 0) is 9.47 Å². The predicted molar refractivity (Wildman–Crippen MR) is 58.8 cm³/mol. The number of benzene rings is 1. The van der Waals surface area contributed by atoms with Crippen LogP contribution in [0.3, 0.4) is 0 Å². The Balaban J connectivity index is 2.28. The first-order chi connectivity index (χ1) is 7.26. The largest absolute Gasteiger partial charge is 0.493 e. The molecule has 0 saturated carbocycles. The van der Waals surface area contributed by atoms with Gasteiger partial charge < -0.3 is 19.9 Å². The average molecular weight is 211 g/mol. The normalized spacial score (nSPS) is 10.6. The molecule has 4 heteroatoms. The number of nitrogen functional groups attached to an aromatic ring is 1. The Morgan fingerprint density at radius 1 is 1.13 bits per heavy atom. The lowest BCUT2D eigenvalue weighted by atomic mass is 10.3. The maximum absolute atomic E-state index is 5.55. The average Bonchev–Trinajstić information content (AvgIpc) is 2.27. The monoisotopic (exact) mass is 211 g/mol. The third-order valence-electron chi connectivity index (χ3n) is 2.03. The van der Waals surface area contributed by atoms with E-state index in [-0.39, 0.29) is 6.29 Å². The highest BCUT2D eigenvalue weighted by molar-refractivity contribution is 5.41. The van der Waals surface area contributed by atoms with Gasteiger partial charge in [-0.1, -0.05) is 0 Å². The van der Waals surface area contributed by atoms with Crippen molar-refractivity contribution in [2.24, 2.45) is 0 Å². The molecule has 1 aromatic rings. The Bertz CT molecular complexity index is 270. The second kappa shape index (κ2) is 6.27. The van der Waals surface area contributed by atoms with Gasteiger partial charge in [0.05, 0.1) is 6.61 Å². The molecule has 0 radical (unpaired) electrons. The van der Waals surface area contributed by atoms with Crippen molar-refractivity contribution >= 4 is 5.69 Å². The summed E-state index contributed by atoms with van der Waals surface area (Å²) < 4.78 is 15.5. The van der Waals surface area contributed by atoms with Crippen LogP contribution in [0.4, 0.5) is 5.69 Å². The van der Waals surface area contributed by atoms with Crippen molar-refractivity contribution in [3.8, 4) is 5.75 Å². The summed E-state index contributed by atoms with van der Waals surface area (Å²) >= 11 is 0. The molecule has 4 nitrogen and oxygen atoms in total. The van der Waals surface area contributed by atoms with E-state index < -0.39 is 0 Å². The topological polar surface area (TPSA) is 53.7 Å². The van der Waals surface area contributed by atoms with Gasteiger partial charge in [0.2, 0.25) is 0 Å². The molecule has 0 unspecified atom stereocenters. The number of methoxy groups -OCH3 is 2. The molecule has 0 amide bonds. The summed E-state index contributed by atoms with van der Waals surface area (Å²) in [6, 6.07) is 7.28. The van der Waals surface area contributed by atoms with E-state index in [2.05, 4.69) is 0 Å². The van der Waals surface area contributed by atoms with E-state index in [0.29, 0.717) is 13.0 Å². The van der Waals surface area contributed by atoms with E-state index in [4.69, 9.17) is 19.9 Å². The summed E-state index contributed by atoms with van der Waals surface area (Å²) in [6.07, 6.45) is 0.482. The third-order valence-corrected chi connectivity index (χ3v) is 2.03. The summed E-state index contributed by atoms with van der Waals surface area (Å²) in [5, 5.41) is 0. The molecule has 0 aliphatic carbocycles. The molecule has 0 fully saturated rings. The molecule has 0 spiro atoms. The van der Waals surface area contributed by atoms with Gasteiger partial charge in [-0.2, -0.15) is 0 Å². The van der Waals surface area contributed by atoms with E-state index in [1.54, 1.807) is 26.4 Å². The molecule has 0 aromatic heterocycles. The summed E-state index contributed by atoms with van der Waals surface area (Å²) in [6.45, 7) is 0.552. The molecule has 0 aliphatic heterocycles. The van der Waals surface area contributed by atoms with Crippen molar-refractivity contribution in [1.82, 2.24) is 0 Å². The molecule has 0 atom stereocenters. The summed E-state index contributed by atoms with van der Waals surface area (Å²) in [4.78, 5) is 0. The Kier molecular flexibility index (Phi) is 4.93. The van der Waals surface area contributed by atoms with Crippen molar-refractivity contribution in [3.05, 3.63) is 24.3 Å². The SMILES string of the molecule is COC(CCOc1ccc(N)cc1)OC. The Hall–Kier alpha value is -1.26. The van der Waals surface area contributed by atoms with Gasteiger partial charge in [0, 0.05) is 26.3 Å². The first-order valence-corrected chi connectivity index (χ1v) is 4.80. The third kappa shape index (κ3) is 4.18. The first kappa shape index (κ1) is 11.8. The lowest BCUT2D eigenvalue weighted by molar-refractivity contribution is -0.110. The van der Waals surface area contributed by atoms with Crippen LogP contribution < -0.4 is 10.5 Å². The second-order valence-corrected chi connectivity index (χ2v) is 3.11. The van der Waals surface area contributed by atoms with Crippen LogP contribution in [0.1, 0.15) is 6.42 Å². The molecule has 0 saturated heterocycles. The van der Waals surface area contributed by atoms with E-state index in [1.165, 1.54) is 0 Å². The van der Waals surface area contributed by atoms with Gasteiger partial charge in [-0.3, -0.25) is 0 Å². The zero-order valence-electron chi connectivity index (χ0n) is 9.10. The molecule has 0 aliphatic rings. The fraction of sp³-hybridized carbons (Fsp3) is 0.455. The molecule has 0 bridgehead atoms. The van der Waals surface area contributed by atoms with E-state index >= 15 is 0 Å². The Morgan fingerprint density at radius 3 is 2.27 bits per heavy atom. The quantitative estimate of drug-likeness (QED) is 0.574. The minimum Gasteiger partial charge on any atom is -0.493 e. The lowest BCUT2D eigenvalue weighted by Gasteiger charge is -2.13. The maximum Gasteiger partial charge on any atom is 0.160 e. The van der Waals surface area contributed by atoms with E-state index in [9.17, 15) is 0 Å². The summed E-state index contributed by atoms with van der Waals surface area (Å²) in [5.41, 5.74) is 6.28. The summed E-state index contributed by atoms with van der Waals surface area (Å²) in [5.74, 6) is 0.801. The molecule has 15 heavy (non-hydrogen) atoms. The van der Waals surface area contributed by atoms with E-state index in [0.717, 1.165) is 11.4 Å². The van der Waals surface area contributed by atoms with Crippen molar-refractivity contribution in [3.63, 3.8) is 0 Å². The van der Waals surface area contributed by atoms with Gasteiger partial charge in [-0.15, -0.1) is 0 Å². The fourth-order valence-corrected chi connectivity index (χ4v) is 1.17. The van der Waals surface area contributed by atoms with Gasteiger partial charge >= 0.3 is 0 Å². The van der Waals surface area contributed by atoms with Crippen LogP contribution in [0.25, 0.3) is 0 Å². The van der Waals surface area contributed by atoms with Crippen LogP contribution >= 0.6 is 0 Å². The number of hydrogen-bond acceptors (Lipinski definition) is 4. The van der Waals surface area contributed by atoms with E-state index in [1.807, 2.05) is 12.1 Å². The molecule has 84 valence electrons. The minimum absolute atomic E-state index is 0.209. The molecule has 2 N–H and O–H groups in total. The Labute approximate surface area is 89.9 Å². The van der Waals surface area contributed by atoms with Gasteiger partial charge in [0.25, 0.3) is 0 Å². The summed E-state index contributed by atoms with van der Waals surface area (Å²) in [7, 11) is 3.22. The highest BCUT2D eigenvalue weighted by atomic mass is 16.7. The molecule has 1 aromatic carbocycles. The fourth-order valence-electron chi connectivity index (χ4n) is 1.17. The number of ether oxygens (including phenoxy) is 3. The van der Waals surface area contributed by atoms with Gasteiger partial charge in [-0.25, -0.2) is 0 Å². The van der Waals surface area contributed by atoms with Crippen LogP contribution in [0.2, 0.25) is 0 Å². The number of rotatable bonds is 6. The van der Waals surface area contributed by atoms with Crippen LogP contribution in [-0.4, -0.2) is 27.1 Å². The van der Waals surface area contributed by atoms with Crippen molar-refractivity contribution in [2.45, 2.75) is 12.7 Å². The lowest BCUT2D eigenvalue weighted by Crippen LogP contribution is -2.16. The number of nitrogens with two attached hydrogens (primary N) is 1. The maximum atomic E-state index is 5.55. The van der Waals surface area contributed by atoms with Crippen molar-refractivity contribution < 1.29 is 14.2 Å². The standard InChI is InChI=1S/C11H17NO3/c1-13-11(14-2)7-8-15-10-5-3-9(12)4-6-10/h3-6,11H,7-8,12H2,1-2H3. The molecule has 0 heterocycles. The second-order valence-electron chi connectivity index (χ2n) is 3.11. The number of anilines is 1. The molecule has 1 rings (SSSR count). The van der Waals surface area contributed by atoms with Crippen molar-refractivity contribution in [2.75, 3.05) is 26.6 Å². The van der Waals surface area contributed by atoms with Crippen LogP contribution in [0, 0.1) is 0 Å². The van der Waals surface area contributed by atoms with Gasteiger partial charge in [-0.05, 0) is 24.3 Å². The Morgan fingerprint density at radius 2 is 1.73 bits per heavy atom. The smallest absolute Gasteiger partial charge is 0.160 e. The zero-order valence-corrected chi connectivity index (χ0v) is 9.10. The predicted octanol–water partition coefficient (Wildman–Crippen LogP) is 1.66. The van der Waals surface area contributed by atoms with Gasteiger partial charge in [0.1, 0.15) is 5.75 Å². The number of hydrogen-bond donors (Lipinski definition) is 1. The minimum atomic E-state index is -0.209. The highest BCUT2D eigenvalue weighted by Crippen LogP contribution is 2.13. The van der Waals surface area contributed by atoms with Crippen LogP contribution in [0.15, 0.2) is 24.3 Å². The highest BCUT2D eigenvalue weighted by Gasteiger charge is 2.04. The van der Waals surface area contributed by atoms with Crippen molar-refractivity contribution in [1.29, 1.82) is 0 Å². The zero-order chi connectivity index (χ0) is 11.1. The first-order valence-electron chi connectivity index (χ1n) is 4.80. The van der Waals surface area contributed by atoms with Gasteiger partial charge in [0.15, 0.2) is 6.29 Å². The molecular formula is C11H17NO3. The molecular weight excluding hydrogens is 194 g/mol.